The molecule has 0 saturated heterocycles. The third-order valence-corrected chi connectivity index (χ3v) is 3.11. The van der Waals surface area contributed by atoms with E-state index in [1.54, 1.807) is 7.11 Å². The van der Waals surface area contributed by atoms with Crippen LogP contribution in [0.5, 0.6) is 5.75 Å². The molecule has 0 aliphatic heterocycles. The van der Waals surface area contributed by atoms with Crippen LogP contribution in [0.4, 0.5) is 0 Å². The number of aromatic nitrogens is 2. The summed E-state index contributed by atoms with van der Waals surface area (Å²) in [6, 6.07) is 4.23. The molecule has 1 aromatic heterocycles. The summed E-state index contributed by atoms with van der Waals surface area (Å²) in [6.45, 7) is 4.14. The van der Waals surface area contributed by atoms with Crippen LogP contribution in [-0.2, 0) is 6.42 Å². The van der Waals surface area contributed by atoms with E-state index in [0.29, 0.717) is 0 Å². The highest BCUT2D eigenvalue weighted by Crippen LogP contribution is 2.33. The van der Waals surface area contributed by atoms with Gasteiger partial charge in [-0.2, -0.15) is 12.6 Å². The smallest absolute Gasteiger partial charge is 0.131 e. The zero-order valence-corrected chi connectivity index (χ0v) is 11.8. The lowest BCUT2D eigenvalue weighted by molar-refractivity contribution is 0.413. The standard InChI is InChI=1S/C14H18N2OS/c1-9-6-10(2)14(17-3)11(7-9)12-8-15-13(16-12)4-5-18/h6-8,18H,4-5H2,1-3H3,(H,15,16). The number of aromatic amines is 1. The molecule has 0 fully saturated rings. The van der Waals surface area contributed by atoms with E-state index in [0.717, 1.165) is 40.6 Å². The number of nitrogens with one attached hydrogen (secondary N) is 1. The van der Waals surface area contributed by atoms with E-state index in [2.05, 4.69) is 48.6 Å². The Bertz CT molecular complexity index is 549. The summed E-state index contributed by atoms with van der Waals surface area (Å²) in [4.78, 5) is 7.68. The minimum atomic E-state index is 0.789. The average molecular weight is 262 g/mol. The molecule has 1 heterocycles. The van der Waals surface area contributed by atoms with E-state index in [4.69, 9.17) is 4.74 Å². The largest absolute Gasteiger partial charge is 0.496 e. The van der Waals surface area contributed by atoms with Gasteiger partial charge in [-0.1, -0.05) is 6.07 Å². The van der Waals surface area contributed by atoms with Gasteiger partial charge in [0, 0.05) is 12.0 Å². The number of methoxy groups -OCH3 is 1. The van der Waals surface area contributed by atoms with Gasteiger partial charge in [-0.3, -0.25) is 0 Å². The van der Waals surface area contributed by atoms with E-state index in [9.17, 15) is 0 Å². The molecule has 2 rings (SSSR count). The number of hydrogen-bond donors (Lipinski definition) is 2. The molecule has 2 aromatic rings. The third-order valence-electron chi connectivity index (χ3n) is 2.89. The summed E-state index contributed by atoms with van der Waals surface area (Å²) in [7, 11) is 1.70. The number of rotatable bonds is 4. The molecule has 0 saturated carbocycles. The molecule has 0 amide bonds. The number of ether oxygens (including phenoxy) is 1. The van der Waals surface area contributed by atoms with Gasteiger partial charge in [0.25, 0.3) is 0 Å². The summed E-state index contributed by atoms with van der Waals surface area (Å²) in [5.74, 6) is 2.65. The van der Waals surface area contributed by atoms with Crippen LogP contribution in [0.1, 0.15) is 17.0 Å². The molecule has 18 heavy (non-hydrogen) atoms. The molecular formula is C14H18N2OS. The minimum absolute atomic E-state index is 0.789. The van der Waals surface area contributed by atoms with Crippen LogP contribution in [0.2, 0.25) is 0 Å². The summed E-state index contributed by atoms with van der Waals surface area (Å²) >= 11 is 4.22. The molecule has 1 aromatic carbocycles. The van der Waals surface area contributed by atoms with Gasteiger partial charge in [0.1, 0.15) is 11.6 Å². The van der Waals surface area contributed by atoms with Crippen molar-refractivity contribution in [3.63, 3.8) is 0 Å². The number of nitrogens with zero attached hydrogens (tertiary/aromatic N) is 1. The summed E-state index contributed by atoms with van der Waals surface area (Å²) in [6.07, 6.45) is 2.70. The predicted octanol–water partition coefficient (Wildman–Crippen LogP) is 3.17. The number of hydrogen-bond acceptors (Lipinski definition) is 3. The molecule has 3 nitrogen and oxygen atoms in total. The fraction of sp³-hybridized carbons (Fsp3) is 0.357. The number of thiol groups is 1. The maximum atomic E-state index is 5.49. The zero-order chi connectivity index (χ0) is 13.1. The molecule has 96 valence electrons. The Morgan fingerprint density at radius 1 is 1.33 bits per heavy atom. The Balaban J connectivity index is 2.48. The SMILES string of the molecule is COc1c(C)cc(C)cc1-c1cnc(CCS)[nH]1. The lowest BCUT2D eigenvalue weighted by atomic mass is 10.0. The van der Waals surface area contributed by atoms with Crippen molar-refractivity contribution >= 4 is 12.6 Å². The van der Waals surface area contributed by atoms with Crippen molar-refractivity contribution in [1.29, 1.82) is 0 Å². The van der Waals surface area contributed by atoms with E-state index in [-0.39, 0.29) is 0 Å². The molecular weight excluding hydrogens is 244 g/mol. The third kappa shape index (κ3) is 2.53. The molecule has 0 spiro atoms. The summed E-state index contributed by atoms with van der Waals surface area (Å²) in [5, 5.41) is 0. The summed E-state index contributed by atoms with van der Waals surface area (Å²) in [5.41, 5.74) is 4.41. The van der Waals surface area contributed by atoms with Crippen LogP contribution in [0.25, 0.3) is 11.3 Å². The highest BCUT2D eigenvalue weighted by Gasteiger charge is 2.12. The Labute approximate surface area is 113 Å². The minimum Gasteiger partial charge on any atom is -0.496 e. The quantitative estimate of drug-likeness (QED) is 0.831. The predicted molar refractivity (Wildman–Crippen MR) is 77.6 cm³/mol. The topological polar surface area (TPSA) is 37.9 Å². The fourth-order valence-corrected chi connectivity index (χ4v) is 2.37. The van der Waals surface area contributed by atoms with Crippen molar-refractivity contribution in [1.82, 2.24) is 9.97 Å². The van der Waals surface area contributed by atoms with Crippen molar-refractivity contribution in [2.75, 3.05) is 12.9 Å². The van der Waals surface area contributed by atoms with Gasteiger partial charge < -0.3 is 9.72 Å². The van der Waals surface area contributed by atoms with Crippen molar-refractivity contribution < 1.29 is 4.74 Å². The van der Waals surface area contributed by atoms with Crippen LogP contribution in [0.3, 0.4) is 0 Å². The Morgan fingerprint density at radius 3 is 2.78 bits per heavy atom. The Morgan fingerprint density at radius 2 is 2.11 bits per heavy atom. The van der Waals surface area contributed by atoms with Crippen LogP contribution in [0.15, 0.2) is 18.3 Å². The van der Waals surface area contributed by atoms with Crippen LogP contribution >= 0.6 is 12.6 Å². The number of aryl methyl sites for hydroxylation is 3. The monoisotopic (exact) mass is 262 g/mol. The first-order valence-corrected chi connectivity index (χ1v) is 6.59. The van der Waals surface area contributed by atoms with Gasteiger partial charge in [-0.25, -0.2) is 4.98 Å². The molecule has 0 bridgehead atoms. The number of benzene rings is 1. The lowest BCUT2D eigenvalue weighted by Gasteiger charge is -2.11. The molecule has 0 unspecified atom stereocenters. The van der Waals surface area contributed by atoms with Crippen molar-refractivity contribution in [2.45, 2.75) is 20.3 Å². The van der Waals surface area contributed by atoms with E-state index in [1.807, 2.05) is 6.20 Å². The van der Waals surface area contributed by atoms with Crippen LogP contribution < -0.4 is 4.74 Å². The molecule has 0 radical (unpaired) electrons. The van der Waals surface area contributed by atoms with Gasteiger partial charge in [0.05, 0.1) is 19.0 Å². The van der Waals surface area contributed by atoms with Crippen LogP contribution in [-0.4, -0.2) is 22.8 Å². The normalized spacial score (nSPS) is 10.7. The highest BCUT2D eigenvalue weighted by atomic mass is 32.1. The van der Waals surface area contributed by atoms with Gasteiger partial charge in [0.2, 0.25) is 0 Å². The molecule has 0 aliphatic rings. The van der Waals surface area contributed by atoms with E-state index in [1.165, 1.54) is 5.56 Å². The first kappa shape index (κ1) is 13.0. The first-order chi connectivity index (χ1) is 8.65. The van der Waals surface area contributed by atoms with Crippen molar-refractivity contribution in [3.05, 3.63) is 35.3 Å². The second-order valence-corrected chi connectivity index (χ2v) is 4.83. The second kappa shape index (κ2) is 5.48. The van der Waals surface area contributed by atoms with Crippen LogP contribution in [0, 0.1) is 13.8 Å². The second-order valence-electron chi connectivity index (χ2n) is 4.38. The van der Waals surface area contributed by atoms with E-state index < -0.39 is 0 Å². The molecule has 0 atom stereocenters. The lowest BCUT2D eigenvalue weighted by Crippen LogP contribution is -1.93. The van der Waals surface area contributed by atoms with Crippen molar-refractivity contribution in [2.24, 2.45) is 0 Å². The summed E-state index contributed by atoms with van der Waals surface area (Å²) < 4.78 is 5.49. The maximum Gasteiger partial charge on any atom is 0.131 e. The van der Waals surface area contributed by atoms with Gasteiger partial charge in [0.15, 0.2) is 0 Å². The number of imidazole rings is 1. The molecule has 4 heteroatoms. The Hall–Kier alpha value is -1.42. The maximum absolute atomic E-state index is 5.49. The Kier molecular flexibility index (Phi) is 3.97. The van der Waals surface area contributed by atoms with E-state index >= 15 is 0 Å². The van der Waals surface area contributed by atoms with Gasteiger partial charge in [-0.05, 0) is 36.8 Å². The first-order valence-electron chi connectivity index (χ1n) is 5.96. The van der Waals surface area contributed by atoms with Gasteiger partial charge >= 0.3 is 0 Å². The zero-order valence-electron chi connectivity index (χ0n) is 10.9. The number of H-pyrrole nitrogens is 1. The highest BCUT2D eigenvalue weighted by molar-refractivity contribution is 7.80. The van der Waals surface area contributed by atoms with Gasteiger partial charge in [-0.15, -0.1) is 0 Å². The average Bonchev–Trinajstić information content (AvgIpc) is 2.77. The molecule has 0 aliphatic carbocycles. The fourth-order valence-electron chi connectivity index (χ4n) is 2.16. The molecule has 1 N–H and O–H groups in total. The van der Waals surface area contributed by atoms with Crippen molar-refractivity contribution in [3.8, 4) is 17.0 Å².